The van der Waals surface area contributed by atoms with E-state index in [1.165, 1.54) is 0 Å². The second-order valence-electron chi connectivity index (χ2n) is 7.24. The molecule has 3 rings (SSSR count). The summed E-state index contributed by atoms with van der Waals surface area (Å²) in [4.78, 5) is 14.7. The summed E-state index contributed by atoms with van der Waals surface area (Å²) >= 11 is 3.61. The predicted molar refractivity (Wildman–Crippen MR) is 103 cm³/mol. The van der Waals surface area contributed by atoms with Crippen molar-refractivity contribution in [2.24, 2.45) is 5.41 Å². The average molecular weight is 402 g/mol. The Morgan fingerprint density at radius 2 is 1.56 bits per heavy atom. The summed E-state index contributed by atoms with van der Waals surface area (Å²) in [6, 6.07) is 20.2. The molecule has 0 unspecified atom stereocenters. The van der Waals surface area contributed by atoms with E-state index in [9.17, 15) is 4.79 Å². The highest BCUT2D eigenvalue weighted by atomic mass is 79.9. The van der Waals surface area contributed by atoms with Crippen molar-refractivity contribution in [2.45, 2.75) is 39.1 Å². The van der Waals surface area contributed by atoms with Crippen LogP contribution in [-0.2, 0) is 22.7 Å². The van der Waals surface area contributed by atoms with Gasteiger partial charge in [0.05, 0.1) is 12.6 Å². The molecule has 1 heterocycles. The number of hydrogen-bond acceptors (Lipinski definition) is 2. The van der Waals surface area contributed by atoms with Gasteiger partial charge in [-0.2, -0.15) is 0 Å². The van der Waals surface area contributed by atoms with Crippen molar-refractivity contribution >= 4 is 21.8 Å². The topological polar surface area (TPSA) is 29.5 Å². The highest BCUT2D eigenvalue weighted by Gasteiger charge is 2.54. The van der Waals surface area contributed by atoms with E-state index in [2.05, 4.69) is 41.9 Å². The van der Waals surface area contributed by atoms with E-state index in [1.54, 1.807) is 0 Å². The molecule has 0 saturated carbocycles. The van der Waals surface area contributed by atoms with Crippen molar-refractivity contribution < 1.29 is 9.53 Å². The molecule has 1 aliphatic rings. The lowest BCUT2D eigenvalue weighted by molar-refractivity contribution is -0.188. The summed E-state index contributed by atoms with van der Waals surface area (Å²) in [5.41, 5.74) is 2.17. The fraction of sp³-hybridized carbons (Fsp3) is 0.381. The van der Waals surface area contributed by atoms with Crippen LogP contribution in [0, 0.1) is 5.41 Å². The predicted octanol–water partition coefficient (Wildman–Crippen LogP) is 4.40. The Morgan fingerprint density at radius 1 is 1.00 bits per heavy atom. The molecule has 25 heavy (non-hydrogen) atoms. The van der Waals surface area contributed by atoms with E-state index in [4.69, 9.17) is 4.74 Å². The zero-order valence-corrected chi connectivity index (χ0v) is 16.3. The number of ether oxygens (including phenoxy) is 1. The molecule has 0 aromatic heterocycles. The van der Waals surface area contributed by atoms with Crippen molar-refractivity contribution in [2.75, 3.05) is 5.33 Å². The summed E-state index contributed by atoms with van der Waals surface area (Å²) in [5.74, 6) is 0.0822. The van der Waals surface area contributed by atoms with Gasteiger partial charge >= 0.3 is 0 Å². The molecule has 1 amide bonds. The third-order valence-electron chi connectivity index (χ3n) is 4.76. The normalized spacial score (nSPS) is 20.4. The third kappa shape index (κ3) is 3.96. The van der Waals surface area contributed by atoms with Gasteiger partial charge in [0, 0.05) is 11.9 Å². The van der Waals surface area contributed by atoms with Gasteiger partial charge in [-0.25, -0.2) is 0 Å². The molecular weight excluding hydrogens is 378 g/mol. The van der Waals surface area contributed by atoms with E-state index >= 15 is 0 Å². The molecule has 2 atom stereocenters. The Hall–Kier alpha value is -1.65. The van der Waals surface area contributed by atoms with Crippen LogP contribution in [0.3, 0.4) is 0 Å². The molecule has 3 nitrogen and oxygen atoms in total. The molecule has 1 fully saturated rings. The van der Waals surface area contributed by atoms with Gasteiger partial charge in [0.2, 0.25) is 0 Å². The second-order valence-corrected chi connectivity index (χ2v) is 7.80. The van der Waals surface area contributed by atoms with Crippen LogP contribution < -0.4 is 0 Å². The largest absolute Gasteiger partial charge is 0.361 e. The number of carbonyl (C=O) groups excluding carboxylic acids is 1. The lowest BCUT2D eigenvalue weighted by Crippen LogP contribution is -2.70. The van der Waals surface area contributed by atoms with Crippen LogP contribution in [0.2, 0.25) is 0 Å². The van der Waals surface area contributed by atoms with E-state index in [0.29, 0.717) is 13.2 Å². The summed E-state index contributed by atoms with van der Waals surface area (Å²) in [7, 11) is 0. The number of carbonyl (C=O) groups is 1. The van der Waals surface area contributed by atoms with Crippen molar-refractivity contribution in [3.8, 4) is 0 Å². The van der Waals surface area contributed by atoms with E-state index in [0.717, 1.165) is 16.5 Å². The van der Waals surface area contributed by atoms with Gasteiger partial charge in [-0.15, -0.1) is 0 Å². The van der Waals surface area contributed by atoms with Gasteiger partial charge in [0.15, 0.2) is 6.10 Å². The molecule has 0 radical (unpaired) electrons. The average Bonchev–Trinajstić information content (AvgIpc) is 2.64. The molecule has 0 aliphatic carbocycles. The molecule has 132 valence electrons. The summed E-state index contributed by atoms with van der Waals surface area (Å²) in [6.07, 6.45) is -0.378. The van der Waals surface area contributed by atoms with E-state index < -0.39 is 0 Å². The summed E-state index contributed by atoms with van der Waals surface area (Å²) in [6.45, 7) is 5.45. The molecule has 4 heteroatoms. The van der Waals surface area contributed by atoms with Gasteiger partial charge < -0.3 is 9.64 Å². The van der Waals surface area contributed by atoms with Crippen LogP contribution in [-0.4, -0.2) is 28.3 Å². The first-order valence-electron chi connectivity index (χ1n) is 8.59. The number of halogens is 1. The number of likely N-dealkylation sites (tertiary alicyclic amines) is 1. The minimum atomic E-state index is -0.378. The van der Waals surface area contributed by atoms with E-state index in [1.807, 2.05) is 53.4 Å². The van der Waals surface area contributed by atoms with Crippen molar-refractivity contribution in [3.05, 3.63) is 71.8 Å². The Labute approximate surface area is 158 Å². The number of nitrogens with zero attached hydrogens (tertiary/aromatic N) is 1. The van der Waals surface area contributed by atoms with Crippen LogP contribution in [0.1, 0.15) is 25.0 Å². The first-order valence-corrected chi connectivity index (χ1v) is 9.71. The van der Waals surface area contributed by atoms with E-state index in [-0.39, 0.29) is 23.5 Å². The van der Waals surface area contributed by atoms with Crippen molar-refractivity contribution in [3.63, 3.8) is 0 Å². The number of amides is 1. The summed E-state index contributed by atoms with van der Waals surface area (Å²) < 4.78 is 6.03. The Morgan fingerprint density at radius 3 is 2.12 bits per heavy atom. The maximum atomic E-state index is 12.7. The minimum Gasteiger partial charge on any atom is -0.361 e. The Bertz CT molecular complexity index is 702. The van der Waals surface area contributed by atoms with Gasteiger partial charge in [-0.1, -0.05) is 90.4 Å². The Kier molecular flexibility index (Phi) is 5.60. The molecule has 0 bridgehead atoms. The summed E-state index contributed by atoms with van der Waals surface area (Å²) in [5, 5.41) is 0.814. The van der Waals surface area contributed by atoms with Gasteiger partial charge in [-0.3, -0.25) is 4.79 Å². The van der Waals surface area contributed by atoms with Crippen molar-refractivity contribution in [1.29, 1.82) is 0 Å². The number of hydrogen-bond donors (Lipinski definition) is 0. The number of benzene rings is 2. The molecule has 0 spiro atoms. The number of β-lactam (4-membered cyclic amide) rings is 1. The Balaban J connectivity index is 1.73. The zero-order valence-electron chi connectivity index (χ0n) is 14.7. The quantitative estimate of drug-likeness (QED) is 0.508. The maximum Gasteiger partial charge on any atom is 0.254 e. The molecule has 1 aliphatic heterocycles. The van der Waals surface area contributed by atoms with Crippen LogP contribution in [0.4, 0.5) is 0 Å². The van der Waals surface area contributed by atoms with Crippen LogP contribution >= 0.6 is 15.9 Å². The number of alkyl halides is 1. The monoisotopic (exact) mass is 401 g/mol. The second kappa shape index (κ2) is 7.71. The lowest BCUT2D eigenvalue weighted by Gasteiger charge is -2.53. The van der Waals surface area contributed by atoms with Crippen LogP contribution in [0.15, 0.2) is 60.7 Å². The van der Waals surface area contributed by atoms with Crippen LogP contribution in [0.5, 0.6) is 0 Å². The zero-order chi connectivity index (χ0) is 17.9. The molecule has 0 N–H and O–H groups in total. The lowest BCUT2D eigenvalue weighted by atomic mass is 9.76. The van der Waals surface area contributed by atoms with Gasteiger partial charge in [0.1, 0.15) is 0 Å². The molecular formula is C21H24BrNO2. The molecule has 1 saturated heterocycles. The maximum absolute atomic E-state index is 12.7. The molecule has 2 aromatic carbocycles. The smallest absolute Gasteiger partial charge is 0.254 e. The van der Waals surface area contributed by atoms with Crippen molar-refractivity contribution in [1.82, 2.24) is 4.90 Å². The fourth-order valence-corrected chi connectivity index (χ4v) is 3.64. The molecule has 2 aromatic rings. The highest BCUT2D eigenvalue weighted by molar-refractivity contribution is 9.09. The number of rotatable bonds is 7. The minimum absolute atomic E-state index is 0.0586. The SMILES string of the molecule is CC(C)(CBr)[C@@H]1[C@H](OCc2ccccc2)C(=O)N1Cc1ccccc1. The highest BCUT2D eigenvalue weighted by Crippen LogP contribution is 2.39. The standard InChI is InChI=1S/C21H24BrNO2/c1-21(2,15-22)19-18(25-14-17-11-7-4-8-12-17)20(24)23(19)13-16-9-5-3-6-10-16/h3-12,18-19H,13-15H2,1-2H3/t18-,19-/m0/s1. The van der Waals surface area contributed by atoms with Gasteiger partial charge in [-0.05, 0) is 16.5 Å². The third-order valence-corrected chi connectivity index (χ3v) is 6.21. The van der Waals surface area contributed by atoms with Crippen LogP contribution in [0.25, 0.3) is 0 Å². The first kappa shape index (κ1) is 18.2. The first-order chi connectivity index (χ1) is 12.0. The van der Waals surface area contributed by atoms with Gasteiger partial charge in [0.25, 0.3) is 5.91 Å². The fourth-order valence-electron chi connectivity index (χ4n) is 3.31.